The van der Waals surface area contributed by atoms with Crippen molar-refractivity contribution < 1.29 is 19.4 Å². The van der Waals surface area contributed by atoms with Gasteiger partial charge in [0.2, 0.25) is 4.33 Å². The van der Waals surface area contributed by atoms with Crippen molar-refractivity contribution in [1.29, 1.82) is 0 Å². The van der Waals surface area contributed by atoms with Gasteiger partial charge in [0.1, 0.15) is 6.10 Å². The highest BCUT2D eigenvalue weighted by molar-refractivity contribution is 6.49. The molecule has 1 aromatic rings. The molecule has 1 aromatic heterocycles. The largest absolute Gasteiger partial charge is 0.456 e. The van der Waals surface area contributed by atoms with Crippen LogP contribution in [-0.4, -0.2) is 43.8 Å². The molecule has 8 nitrogen and oxygen atoms in total. The van der Waals surface area contributed by atoms with Crippen molar-refractivity contribution in [1.82, 2.24) is 9.55 Å². The third-order valence-electron chi connectivity index (χ3n) is 2.93. The predicted octanol–water partition coefficient (Wildman–Crippen LogP) is -0.468. The highest BCUT2D eigenvalue weighted by atomic mass is 35.5. The molecule has 0 spiro atoms. The molecule has 0 unspecified atom stereocenters. The van der Waals surface area contributed by atoms with E-state index in [2.05, 4.69) is 0 Å². The molecule has 0 radical (unpaired) electrons. The maximum atomic E-state index is 11.8. The first-order chi connectivity index (χ1) is 9.77. The van der Waals surface area contributed by atoms with Crippen molar-refractivity contribution in [3.8, 4) is 0 Å². The van der Waals surface area contributed by atoms with Crippen LogP contribution in [0.3, 0.4) is 0 Å². The lowest BCUT2D eigenvalue weighted by atomic mass is 10.1. The zero-order valence-electron chi connectivity index (χ0n) is 10.8. The maximum absolute atomic E-state index is 11.8. The van der Waals surface area contributed by atoms with Crippen molar-refractivity contribution in [3.63, 3.8) is 0 Å². The van der Waals surface area contributed by atoms with Crippen LogP contribution in [0.5, 0.6) is 0 Å². The molecule has 116 valence electrons. The third-order valence-corrected chi connectivity index (χ3v) is 3.73. The summed E-state index contributed by atoms with van der Waals surface area (Å²) in [6.45, 7) is 0.630. The first-order valence-corrected chi connectivity index (χ1v) is 6.65. The molecule has 3 atom stereocenters. The average molecular weight is 339 g/mol. The normalized spacial score (nSPS) is 27.5. The van der Waals surface area contributed by atoms with Gasteiger partial charge in [-0.2, -0.15) is 0 Å². The Bertz CT molecular complexity index is 655. The topological polar surface area (TPSA) is 111 Å². The van der Waals surface area contributed by atoms with E-state index in [1.54, 1.807) is 0 Å². The van der Waals surface area contributed by atoms with Gasteiger partial charge in [0.05, 0.1) is 6.61 Å². The van der Waals surface area contributed by atoms with Crippen molar-refractivity contribution in [2.75, 3.05) is 6.61 Å². The van der Waals surface area contributed by atoms with Crippen LogP contribution in [0, 0.1) is 0 Å². The van der Waals surface area contributed by atoms with Gasteiger partial charge in [0.15, 0.2) is 12.3 Å². The van der Waals surface area contributed by atoms with Crippen LogP contribution >= 0.6 is 23.2 Å². The van der Waals surface area contributed by atoms with Crippen molar-refractivity contribution in [2.24, 2.45) is 0 Å². The molecule has 0 aromatic carbocycles. The van der Waals surface area contributed by atoms with Crippen LogP contribution in [-0.2, 0) is 14.3 Å². The molecule has 1 aliphatic rings. The zero-order valence-corrected chi connectivity index (χ0v) is 12.3. The van der Waals surface area contributed by atoms with Gasteiger partial charge in [0.25, 0.3) is 5.56 Å². The van der Waals surface area contributed by atoms with Crippen LogP contribution in [0.1, 0.15) is 13.2 Å². The van der Waals surface area contributed by atoms with E-state index in [0.29, 0.717) is 0 Å². The monoisotopic (exact) mass is 338 g/mol. The van der Waals surface area contributed by atoms with Gasteiger partial charge in [-0.05, 0) is 0 Å². The molecule has 1 fully saturated rings. The van der Waals surface area contributed by atoms with Crippen molar-refractivity contribution >= 4 is 29.2 Å². The Morgan fingerprint density at radius 1 is 1.57 bits per heavy atom. The molecule has 0 amide bonds. The van der Waals surface area contributed by atoms with E-state index >= 15 is 0 Å². The Labute approximate surface area is 128 Å². The number of esters is 1. The third kappa shape index (κ3) is 2.98. The molecule has 1 aliphatic heterocycles. The van der Waals surface area contributed by atoms with E-state index in [1.165, 1.54) is 0 Å². The summed E-state index contributed by atoms with van der Waals surface area (Å²) in [6, 6.07) is 1.09. The van der Waals surface area contributed by atoms with E-state index in [4.69, 9.17) is 32.7 Å². The summed E-state index contributed by atoms with van der Waals surface area (Å²) in [5, 5.41) is 9.28. The smallest absolute Gasteiger partial charge is 0.330 e. The fourth-order valence-electron chi connectivity index (χ4n) is 2.05. The number of H-pyrrole nitrogens is 1. The summed E-state index contributed by atoms with van der Waals surface area (Å²) in [4.78, 5) is 36.0. The highest BCUT2D eigenvalue weighted by Gasteiger charge is 2.58. The highest BCUT2D eigenvalue weighted by Crippen LogP contribution is 2.47. The molecular weight excluding hydrogens is 327 g/mol. The van der Waals surface area contributed by atoms with E-state index in [0.717, 1.165) is 23.8 Å². The molecule has 2 heterocycles. The average Bonchev–Trinajstić information content (AvgIpc) is 2.61. The number of aromatic amines is 1. The summed E-state index contributed by atoms with van der Waals surface area (Å²) in [6.07, 6.45) is -2.28. The molecule has 0 bridgehead atoms. The number of aliphatic hydroxyl groups excluding tert-OH is 1. The summed E-state index contributed by atoms with van der Waals surface area (Å²) in [5.74, 6) is -0.665. The number of carbonyl (C=O) groups is 1. The second kappa shape index (κ2) is 5.80. The quantitative estimate of drug-likeness (QED) is 0.569. The van der Waals surface area contributed by atoms with Crippen LogP contribution in [0.2, 0.25) is 0 Å². The SMILES string of the molecule is CC(=O)O[C@@H]1[C@@H](CO)O[C@@H](n2ccc(=O)[nH]c2=O)C1(Cl)Cl. The van der Waals surface area contributed by atoms with E-state index < -0.39 is 46.6 Å². The van der Waals surface area contributed by atoms with Gasteiger partial charge >= 0.3 is 11.7 Å². The van der Waals surface area contributed by atoms with Gasteiger partial charge in [-0.3, -0.25) is 19.1 Å². The number of carbonyl (C=O) groups excluding carboxylic acids is 1. The first-order valence-electron chi connectivity index (χ1n) is 5.90. The summed E-state index contributed by atoms with van der Waals surface area (Å²) in [7, 11) is 0. The minimum Gasteiger partial charge on any atom is -0.456 e. The number of ether oxygens (including phenoxy) is 2. The fourth-order valence-corrected chi connectivity index (χ4v) is 2.73. The lowest BCUT2D eigenvalue weighted by molar-refractivity contribution is -0.150. The predicted molar refractivity (Wildman–Crippen MR) is 72.3 cm³/mol. The number of halogens is 2. The summed E-state index contributed by atoms with van der Waals surface area (Å²) < 4.78 is 9.50. The van der Waals surface area contributed by atoms with Gasteiger partial charge in [-0.25, -0.2) is 4.79 Å². The molecule has 21 heavy (non-hydrogen) atoms. The number of aliphatic hydroxyl groups is 1. The van der Waals surface area contributed by atoms with Crippen molar-refractivity contribution in [3.05, 3.63) is 33.1 Å². The van der Waals surface area contributed by atoms with Gasteiger partial charge in [0, 0.05) is 19.2 Å². The Balaban J connectivity index is 2.43. The van der Waals surface area contributed by atoms with Crippen LogP contribution < -0.4 is 11.2 Å². The Hall–Kier alpha value is -1.35. The minimum absolute atomic E-state index is 0.520. The first kappa shape index (κ1) is 16.0. The molecule has 10 heteroatoms. The van der Waals surface area contributed by atoms with Gasteiger partial charge in [-0.1, -0.05) is 23.2 Å². The van der Waals surface area contributed by atoms with E-state index in [1.807, 2.05) is 4.98 Å². The molecular formula is C11H12Cl2N2O6. The number of alkyl halides is 2. The molecule has 2 N–H and O–H groups in total. The van der Waals surface area contributed by atoms with Crippen LogP contribution in [0.15, 0.2) is 21.9 Å². The van der Waals surface area contributed by atoms with E-state index in [9.17, 15) is 19.5 Å². The number of nitrogens with one attached hydrogen (secondary N) is 1. The molecule has 1 saturated heterocycles. The van der Waals surface area contributed by atoms with Crippen LogP contribution in [0.25, 0.3) is 0 Å². The minimum atomic E-state index is -1.82. The second-order valence-corrected chi connectivity index (χ2v) is 5.88. The Kier molecular flexibility index (Phi) is 4.43. The zero-order chi connectivity index (χ0) is 15.8. The number of hydrogen-bond acceptors (Lipinski definition) is 6. The lowest BCUT2D eigenvalue weighted by Crippen LogP contribution is -2.43. The number of rotatable bonds is 3. The molecule has 0 aliphatic carbocycles. The molecule has 2 rings (SSSR count). The van der Waals surface area contributed by atoms with Crippen LogP contribution in [0.4, 0.5) is 0 Å². The number of nitrogens with zero attached hydrogens (tertiary/aromatic N) is 1. The van der Waals surface area contributed by atoms with E-state index in [-0.39, 0.29) is 0 Å². The second-order valence-electron chi connectivity index (χ2n) is 4.43. The summed E-state index contributed by atoms with van der Waals surface area (Å²) >= 11 is 12.3. The molecule has 0 saturated carbocycles. The number of aromatic nitrogens is 2. The number of hydrogen-bond donors (Lipinski definition) is 2. The Morgan fingerprint density at radius 2 is 2.24 bits per heavy atom. The maximum Gasteiger partial charge on any atom is 0.330 e. The Morgan fingerprint density at radius 3 is 2.76 bits per heavy atom. The van der Waals surface area contributed by atoms with Gasteiger partial charge in [-0.15, -0.1) is 0 Å². The standard InChI is InChI=1S/C11H12Cl2N2O6/c1-5(17)20-8-6(4-16)21-9(11(8,12)13)15-3-2-7(18)14-10(15)19/h2-3,6,8-9,16H,4H2,1H3,(H,14,18,19)/t6-,8-,9-/m1/s1. The fraction of sp³-hybridized carbons (Fsp3) is 0.545. The van der Waals surface area contributed by atoms with Gasteiger partial charge < -0.3 is 14.6 Å². The lowest BCUT2D eigenvalue weighted by Gasteiger charge is -2.26. The summed E-state index contributed by atoms with van der Waals surface area (Å²) in [5.41, 5.74) is -1.39. The van der Waals surface area contributed by atoms with Crippen molar-refractivity contribution in [2.45, 2.75) is 29.7 Å².